The number of benzene rings is 1. The number of carbonyl (C=O) groups excluding carboxylic acids is 2. The summed E-state index contributed by atoms with van der Waals surface area (Å²) in [6.07, 6.45) is 0.871. The van der Waals surface area contributed by atoms with Crippen molar-refractivity contribution in [3.63, 3.8) is 0 Å². The maximum absolute atomic E-state index is 12.8. The molecule has 0 unspecified atom stereocenters. The second-order valence-electron chi connectivity index (χ2n) is 4.94. The van der Waals surface area contributed by atoms with Crippen molar-refractivity contribution in [3.8, 4) is 0 Å². The summed E-state index contributed by atoms with van der Waals surface area (Å²) < 4.78 is 12.8. The fourth-order valence-electron chi connectivity index (χ4n) is 1.66. The quantitative estimate of drug-likeness (QED) is 0.803. The predicted octanol–water partition coefficient (Wildman–Crippen LogP) is 1.61. The van der Waals surface area contributed by atoms with Crippen molar-refractivity contribution < 1.29 is 14.0 Å². The Balaban J connectivity index is 2.49. The fraction of sp³-hybridized carbons (Fsp3) is 0.467. The van der Waals surface area contributed by atoms with Crippen molar-refractivity contribution in [2.24, 2.45) is 0 Å². The van der Waals surface area contributed by atoms with Crippen molar-refractivity contribution in [2.45, 2.75) is 26.3 Å². The molecule has 0 radical (unpaired) electrons. The Hall–Kier alpha value is -1.95. The lowest BCUT2D eigenvalue weighted by molar-refractivity contribution is -0.124. The zero-order valence-corrected chi connectivity index (χ0v) is 12.6. The van der Waals surface area contributed by atoms with Crippen molar-refractivity contribution in [2.75, 3.05) is 25.5 Å². The maximum atomic E-state index is 12.8. The van der Waals surface area contributed by atoms with Crippen molar-refractivity contribution in [3.05, 3.63) is 30.1 Å². The molecule has 0 saturated carbocycles. The molecular formula is C15H22FN3O2. The van der Waals surface area contributed by atoms with Gasteiger partial charge in [0.15, 0.2) is 0 Å². The highest BCUT2D eigenvalue weighted by molar-refractivity contribution is 5.94. The Morgan fingerprint density at radius 1 is 1.29 bits per heavy atom. The molecule has 0 saturated heterocycles. The van der Waals surface area contributed by atoms with Crippen LogP contribution in [0.15, 0.2) is 24.3 Å². The smallest absolute Gasteiger partial charge is 0.241 e. The van der Waals surface area contributed by atoms with E-state index in [1.807, 2.05) is 6.92 Å². The van der Waals surface area contributed by atoms with Gasteiger partial charge in [-0.15, -0.1) is 0 Å². The Bertz CT molecular complexity index is 476. The van der Waals surface area contributed by atoms with Crippen LogP contribution in [-0.2, 0) is 9.59 Å². The highest BCUT2D eigenvalue weighted by Crippen LogP contribution is 2.09. The molecule has 0 fully saturated rings. The lowest BCUT2D eigenvalue weighted by Crippen LogP contribution is -2.44. The molecule has 0 aliphatic rings. The second kappa shape index (κ2) is 8.36. The summed E-state index contributed by atoms with van der Waals surface area (Å²) in [6.45, 7) is 4.47. The van der Waals surface area contributed by atoms with E-state index in [9.17, 15) is 14.0 Å². The van der Waals surface area contributed by atoms with E-state index < -0.39 is 6.04 Å². The standard InChI is InChI=1S/C15H22FN3O2/c1-4-9-17-14(20)10-19(3)11(2)15(21)18-13-7-5-12(16)6-8-13/h5-8,11H,4,9-10H2,1-3H3,(H,17,20)(H,18,21)/t11-/m0/s1. The number of nitrogens with one attached hydrogen (secondary N) is 2. The first kappa shape index (κ1) is 17.1. The van der Waals surface area contributed by atoms with Crippen LogP contribution in [0.4, 0.5) is 10.1 Å². The highest BCUT2D eigenvalue weighted by Gasteiger charge is 2.20. The first-order chi connectivity index (χ1) is 9.93. The average molecular weight is 295 g/mol. The molecule has 1 aromatic rings. The molecule has 0 heterocycles. The van der Waals surface area contributed by atoms with Gasteiger partial charge < -0.3 is 10.6 Å². The molecule has 2 N–H and O–H groups in total. The van der Waals surface area contributed by atoms with Gasteiger partial charge in [0.2, 0.25) is 11.8 Å². The number of carbonyl (C=O) groups is 2. The lowest BCUT2D eigenvalue weighted by atomic mass is 10.2. The fourth-order valence-corrected chi connectivity index (χ4v) is 1.66. The Kier molecular flexibility index (Phi) is 6.81. The maximum Gasteiger partial charge on any atom is 0.241 e. The lowest BCUT2D eigenvalue weighted by Gasteiger charge is -2.23. The molecule has 1 aromatic carbocycles. The Morgan fingerprint density at radius 2 is 1.90 bits per heavy atom. The van der Waals surface area contributed by atoms with Gasteiger partial charge in [-0.1, -0.05) is 6.92 Å². The third-order valence-corrected chi connectivity index (χ3v) is 3.12. The minimum atomic E-state index is -0.470. The second-order valence-corrected chi connectivity index (χ2v) is 4.94. The van der Waals surface area contributed by atoms with Crippen molar-refractivity contribution in [1.82, 2.24) is 10.2 Å². The molecular weight excluding hydrogens is 273 g/mol. The van der Waals surface area contributed by atoms with Gasteiger partial charge >= 0.3 is 0 Å². The van der Waals surface area contributed by atoms with Crippen molar-refractivity contribution >= 4 is 17.5 Å². The topological polar surface area (TPSA) is 61.4 Å². The monoisotopic (exact) mass is 295 g/mol. The van der Waals surface area contributed by atoms with E-state index in [2.05, 4.69) is 10.6 Å². The average Bonchev–Trinajstić information content (AvgIpc) is 2.46. The highest BCUT2D eigenvalue weighted by atomic mass is 19.1. The number of nitrogens with zero attached hydrogens (tertiary/aromatic N) is 1. The summed E-state index contributed by atoms with van der Waals surface area (Å²) in [5, 5.41) is 5.45. The van der Waals surface area contributed by atoms with E-state index in [1.165, 1.54) is 24.3 Å². The van der Waals surface area contributed by atoms with E-state index in [1.54, 1.807) is 18.9 Å². The normalized spacial score (nSPS) is 12.0. The van der Waals surface area contributed by atoms with Gasteiger partial charge in [-0.2, -0.15) is 0 Å². The van der Waals surface area contributed by atoms with E-state index in [4.69, 9.17) is 0 Å². The van der Waals surface area contributed by atoms with E-state index >= 15 is 0 Å². The van der Waals surface area contributed by atoms with Gasteiger partial charge in [0.1, 0.15) is 5.82 Å². The summed E-state index contributed by atoms with van der Waals surface area (Å²) in [4.78, 5) is 25.3. The van der Waals surface area contributed by atoms with Gasteiger partial charge in [-0.3, -0.25) is 14.5 Å². The molecule has 5 nitrogen and oxygen atoms in total. The molecule has 6 heteroatoms. The molecule has 116 valence electrons. The van der Waals surface area contributed by atoms with Crippen LogP contribution in [0.25, 0.3) is 0 Å². The van der Waals surface area contributed by atoms with Crippen LogP contribution in [-0.4, -0.2) is 42.9 Å². The minimum absolute atomic E-state index is 0.110. The first-order valence-electron chi connectivity index (χ1n) is 6.97. The van der Waals surface area contributed by atoms with E-state index in [0.717, 1.165) is 6.42 Å². The molecule has 0 bridgehead atoms. The summed E-state index contributed by atoms with van der Waals surface area (Å²) in [6, 6.07) is 5.08. The van der Waals surface area contributed by atoms with Crippen LogP contribution < -0.4 is 10.6 Å². The molecule has 0 spiro atoms. The summed E-state index contributed by atoms with van der Waals surface area (Å²) in [7, 11) is 1.71. The molecule has 0 aromatic heterocycles. The van der Waals surface area contributed by atoms with E-state index in [-0.39, 0.29) is 24.2 Å². The minimum Gasteiger partial charge on any atom is -0.355 e. The van der Waals surface area contributed by atoms with Crippen LogP contribution in [0.5, 0.6) is 0 Å². The van der Waals surface area contributed by atoms with Crippen LogP contribution >= 0.6 is 0 Å². The predicted molar refractivity (Wildman–Crippen MR) is 80.4 cm³/mol. The number of rotatable bonds is 7. The van der Waals surface area contributed by atoms with Crippen LogP contribution in [0.1, 0.15) is 20.3 Å². The van der Waals surface area contributed by atoms with Crippen LogP contribution in [0, 0.1) is 5.82 Å². The van der Waals surface area contributed by atoms with E-state index in [0.29, 0.717) is 12.2 Å². The van der Waals surface area contributed by atoms with Gasteiger partial charge in [0, 0.05) is 12.2 Å². The summed E-state index contributed by atoms with van der Waals surface area (Å²) in [5.41, 5.74) is 0.525. The number of amides is 2. The first-order valence-corrected chi connectivity index (χ1v) is 6.97. The summed E-state index contributed by atoms with van der Waals surface area (Å²) in [5.74, 6) is -0.709. The number of halogens is 1. The largest absolute Gasteiger partial charge is 0.355 e. The van der Waals surface area contributed by atoms with Gasteiger partial charge in [0.05, 0.1) is 12.6 Å². The Labute approximate surface area is 124 Å². The number of hydrogen-bond acceptors (Lipinski definition) is 3. The van der Waals surface area contributed by atoms with Crippen molar-refractivity contribution in [1.29, 1.82) is 0 Å². The zero-order chi connectivity index (χ0) is 15.8. The molecule has 0 aliphatic carbocycles. The SMILES string of the molecule is CCCNC(=O)CN(C)[C@@H](C)C(=O)Nc1ccc(F)cc1. The Morgan fingerprint density at radius 3 is 2.48 bits per heavy atom. The molecule has 1 atom stereocenters. The number of likely N-dealkylation sites (N-methyl/N-ethyl adjacent to an activating group) is 1. The molecule has 0 aliphatic heterocycles. The molecule has 2 amide bonds. The number of anilines is 1. The number of hydrogen-bond donors (Lipinski definition) is 2. The third-order valence-electron chi connectivity index (χ3n) is 3.12. The summed E-state index contributed by atoms with van der Waals surface area (Å²) >= 11 is 0. The van der Waals surface area contributed by atoms with Gasteiger partial charge in [-0.25, -0.2) is 4.39 Å². The van der Waals surface area contributed by atoms with Crippen LogP contribution in [0.3, 0.4) is 0 Å². The van der Waals surface area contributed by atoms with Gasteiger partial charge in [0.25, 0.3) is 0 Å². The molecule has 1 rings (SSSR count). The molecule has 21 heavy (non-hydrogen) atoms. The zero-order valence-electron chi connectivity index (χ0n) is 12.6. The third kappa shape index (κ3) is 5.91. The van der Waals surface area contributed by atoms with Crippen LogP contribution in [0.2, 0.25) is 0 Å². The van der Waals surface area contributed by atoms with Gasteiger partial charge in [-0.05, 0) is 44.7 Å².